The summed E-state index contributed by atoms with van der Waals surface area (Å²) < 4.78 is 5.56. The van der Waals surface area contributed by atoms with E-state index in [1.54, 1.807) is 7.05 Å². The quantitative estimate of drug-likeness (QED) is 0.423. The largest absolute Gasteiger partial charge is 0.484 e. The maximum Gasteiger partial charge on any atom is 0.257 e. The fraction of sp³-hybridized carbons (Fsp3) is 0.391. The van der Waals surface area contributed by atoms with Gasteiger partial charge >= 0.3 is 0 Å². The van der Waals surface area contributed by atoms with Crippen LogP contribution in [0.2, 0.25) is 5.02 Å². The van der Waals surface area contributed by atoms with Crippen LogP contribution in [0.15, 0.2) is 53.5 Å². The fourth-order valence-electron chi connectivity index (χ4n) is 3.34. The van der Waals surface area contributed by atoms with E-state index in [0.717, 1.165) is 35.9 Å². The van der Waals surface area contributed by atoms with E-state index in [-0.39, 0.29) is 17.9 Å². The molecule has 0 heterocycles. The Morgan fingerprint density at radius 2 is 1.93 bits per heavy atom. The van der Waals surface area contributed by atoms with Gasteiger partial charge in [-0.2, -0.15) is 0 Å². The summed E-state index contributed by atoms with van der Waals surface area (Å²) in [7, 11) is 1.76. The molecule has 3 N–H and O–H groups in total. The van der Waals surface area contributed by atoms with Crippen LogP contribution in [0, 0.1) is 0 Å². The summed E-state index contributed by atoms with van der Waals surface area (Å²) in [4.78, 5) is 15.9. The molecule has 160 valence electrons. The minimum atomic E-state index is -0.126. The second-order valence-electron chi connectivity index (χ2n) is 7.46. The number of carbonyl (C=O) groups is 1. The van der Waals surface area contributed by atoms with Crippen molar-refractivity contribution in [2.24, 2.45) is 4.99 Å². The van der Waals surface area contributed by atoms with Gasteiger partial charge in [0.15, 0.2) is 12.6 Å². The SMILES string of the molecule is CCNC(=O)COc1cccc(CNC(=NC)NCC2(c3cccc(Cl)c3)CC2)c1. The zero-order valence-electron chi connectivity index (χ0n) is 17.5. The second-order valence-corrected chi connectivity index (χ2v) is 7.90. The van der Waals surface area contributed by atoms with Gasteiger partial charge in [-0.05, 0) is 55.2 Å². The van der Waals surface area contributed by atoms with Crippen LogP contribution in [0.4, 0.5) is 0 Å². The minimum absolute atomic E-state index is 0.0134. The minimum Gasteiger partial charge on any atom is -0.484 e. The van der Waals surface area contributed by atoms with Gasteiger partial charge in [0.1, 0.15) is 5.75 Å². The number of rotatable bonds is 9. The van der Waals surface area contributed by atoms with E-state index in [1.165, 1.54) is 5.56 Å². The van der Waals surface area contributed by atoms with E-state index in [1.807, 2.05) is 43.3 Å². The molecule has 0 bridgehead atoms. The van der Waals surface area contributed by atoms with Crippen LogP contribution in [0.1, 0.15) is 30.9 Å². The fourth-order valence-corrected chi connectivity index (χ4v) is 3.53. The van der Waals surface area contributed by atoms with Crippen LogP contribution in [0.25, 0.3) is 0 Å². The number of ether oxygens (including phenoxy) is 1. The van der Waals surface area contributed by atoms with Crippen molar-refractivity contribution < 1.29 is 9.53 Å². The first-order valence-corrected chi connectivity index (χ1v) is 10.6. The summed E-state index contributed by atoms with van der Waals surface area (Å²) in [5.74, 6) is 1.29. The second kappa shape index (κ2) is 10.3. The molecule has 1 amide bonds. The van der Waals surface area contributed by atoms with Crippen LogP contribution in [-0.4, -0.2) is 38.6 Å². The normalized spacial score (nSPS) is 14.7. The predicted octanol–water partition coefficient (Wildman–Crippen LogP) is 3.25. The van der Waals surface area contributed by atoms with E-state index >= 15 is 0 Å². The van der Waals surface area contributed by atoms with Crippen molar-refractivity contribution in [2.75, 3.05) is 26.7 Å². The van der Waals surface area contributed by atoms with E-state index in [9.17, 15) is 4.79 Å². The highest BCUT2D eigenvalue weighted by atomic mass is 35.5. The lowest BCUT2D eigenvalue weighted by molar-refractivity contribution is -0.122. The number of hydrogen-bond donors (Lipinski definition) is 3. The summed E-state index contributed by atoms with van der Waals surface area (Å²) in [6.07, 6.45) is 2.28. The van der Waals surface area contributed by atoms with Gasteiger partial charge in [0, 0.05) is 37.1 Å². The molecule has 2 aromatic rings. The molecule has 0 saturated heterocycles. The van der Waals surface area contributed by atoms with Gasteiger partial charge in [-0.15, -0.1) is 0 Å². The molecule has 3 rings (SSSR count). The number of nitrogens with one attached hydrogen (secondary N) is 3. The lowest BCUT2D eigenvalue weighted by Crippen LogP contribution is -2.40. The van der Waals surface area contributed by atoms with Crippen molar-refractivity contribution in [1.82, 2.24) is 16.0 Å². The third-order valence-electron chi connectivity index (χ3n) is 5.21. The molecule has 0 atom stereocenters. The van der Waals surface area contributed by atoms with Crippen LogP contribution < -0.4 is 20.7 Å². The van der Waals surface area contributed by atoms with Gasteiger partial charge in [-0.1, -0.05) is 35.9 Å². The molecule has 0 radical (unpaired) electrons. The topological polar surface area (TPSA) is 74.8 Å². The van der Waals surface area contributed by atoms with Gasteiger partial charge in [-0.25, -0.2) is 0 Å². The van der Waals surface area contributed by atoms with Crippen molar-refractivity contribution in [2.45, 2.75) is 31.7 Å². The summed E-state index contributed by atoms with van der Waals surface area (Å²) in [6.45, 7) is 3.90. The Bertz CT molecular complexity index is 896. The molecular formula is C23H29ClN4O2. The monoisotopic (exact) mass is 428 g/mol. The zero-order chi connectivity index (χ0) is 21.4. The standard InChI is InChI=1S/C23H29ClN4O2/c1-3-26-21(29)15-30-20-9-4-6-17(12-20)14-27-22(25-2)28-16-23(10-11-23)18-7-5-8-19(24)13-18/h4-9,12-13H,3,10-11,14-16H2,1-2H3,(H,26,29)(H2,25,27,28). The Hall–Kier alpha value is -2.73. The Kier molecular flexibility index (Phi) is 7.57. The molecule has 0 aromatic heterocycles. The summed E-state index contributed by atoms with van der Waals surface area (Å²) in [6, 6.07) is 15.8. The summed E-state index contributed by atoms with van der Waals surface area (Å²) >= 11 is 6.17. The maximum atomic E-state index is 11.6. The number of guanidine groups is 1. The van der Waals surface area contributed by atoms with Gasteiger partial charge in [0.2, 0.25) is 0 Å². The van der Waals surface area contributed by atoms with Gasteiger partial charge in [0.05, 0.1) is 0 Å². The average molecular weight is 429 g/mol. The number of likely N-dealkylation sites (N-methyl/N-ethyl adjacent to an activating group) is 1. The number of hydrogen-bond acceptors (Lipinski definition) is 3. The molecular weight excluding hydrogens is 400 g/mol. The van der Waals surface area contributed by atoms with E-state index in [4.69, 9.17) is 16.3 Å². The third kappa shape index (κ3) is 6.13. The van der Waals surface area contributed by atoms with Crippen molar-refractivity contribution in [3.05, 3.63) is 64.7 Å². The number of nitrogens with zero attached hydrogens (tertiary/aromatic N) is 1. The highest BCUT2D eigenvalue weighted by molar-refractivity contribution is 6.30. The Morgan fingerprint density at radius 3 is 2.63 bits per heavy atom. The van der Waals surface area contributed by atoms with Crippen LogP contribution >= 0.6 is 11.6 Å². The summed E-state index contributed by atoms with van der Waals surface area (Å²) in [5, 5.41) is 10.3. The Balaban J connectivity index is 1.50. The highest BCUT2D eigenvalue weighted by Crippen LogP contribution is 2.48. The van der Waals surface area contributed by atoms with E-state index in [2.05, 4.69) is 33.1 Å². The van der Waals surface area contributed by atoms with Crippen LogP contribution in [0.5, 0.6) is 5.75 Å². The van der Waals surface area contributed by atoms with Crippen LogP contribution in [-0.2, 0) is 16.8 Å². The first kappa shape index (κ1) is 22.0. The molecule has 6 nitrogen and oxygen atoms in total. The molecule has 2 aromatic carbocycles. The molecule has 30 heavy (non-hydrogen) atoms. The number of aliphatic imine (C=N–C) groups is 1. The van der Waals surface area contributed by atoms with E-state index in [0.29, 0.717) is 18.8 Å². The van der Waals surface area contributed by atoms with Gasteiger partial charge in [0.25, 0.3) is 5.91 Å². The van der Waals surface area contributed by atoms with Crippen molar-refractivity contribution >= 4 is 23.5 Å². The number of benzene rings is 2. The third-order valence-corrected chi connectivity index (χ3v) is 5.45. The van der Waals surface area contributed by atoms with Crippen molar-refractivity contribution in [3.8, 4) is 5.75 Å². The van der Waals surface area contributed by atoms with Crippen molar-refractivity contribution in [1.29, 1.82) is 0 Å². The Labute approximate surface area is 183 Å². The maximum absolute atomic E-state index is 11.6. The smallest absolute Gasteiger partial charge is 0.257 e. The lowest BCUT2D eigenvalue weighted by atomic mass is 9.96. The molecule has 0 aliphatic heterocycles. The first-order chi connectivity index (χ1) is 14.5. The van der Waals surface area contributed by atoms with Gasteiger partial charge < -0.3 is 20.7 Å². The van der Waals surface area contributed by atoms with Crippen LogP contribution in [0.3, 0.4) is 0 Å². The first-order valence-electron chi connectivity index (χ1n) is 10.2. The van der Waals surface area contributed by atoms with E-state index < -0.39 is 0 Å². The molecule has 0 spiro atoms. The Morgan fingerprint density at radius 1 is 1.13 bits per heavy atom. The molecule has 0 unspecified atom stereocenters. The number of carbonyl (C=O) groups excluding carboxylic acids is 1. The molecule has 1 fully saturated rings. The molecule has 1 aliphatic carbocycles. The molecule has 1 aliphatic rings. The van der Waals surface area contributed by atoms with Gasteiger partial charge in [-0.3, -0.25) is 9.79 Å². The molecule has 7 heteroatoms. The highest BCUT2D eigenvalue weighted by Gasteiger charge is 2.44. The number of halogens is 1. The average Bonchev–Trinajstić information content (AvgIpc) is 3.54. The summed E-state index contributed by atoms with van der Waals surface area (Å²) in [5.41, 5.74) is 2.45. The van der Waals surface area contributed by atoms with Crippen molar-refractivity contribution in [3.63, 3.8) is 0 Å². The molecule has 1 saturated carbocycles. The predicted molar refractivity (Wildman–Crippen MR) is 121 cm³/mol. The lowest BCUT2D eigenvalue weighted by Gasteiger charge is -2.19. The number of amides is 1. The zero-order valence-corrected chi connectivity index (χ0v) is 18.3.